The van der Waals surface area contributed by atoms with Crippen LogP contribution in [-0.2, 0) is 0 Å². The van der Waals surface area contributed by atoms with Gasteiger partial charge in [-0.3, -0.25) is 4.90 Å². The average Bonchev–Trinajstić information content (AvgIpc) is 3.11. The average molecular weight is 321 g/mol. The Morgan fingerprint density at radius 2 is 2.04 bits per heavy atom. The molecule has 1 saturated heterocycles. The number of nitrogens with zero attached hydrogens (tertiary/aromatic N) is 1. The summed E-state index contributed by atoms with van der Waals surface area (Å²) in [5.41, 5.74) is 2.11. The van der Waals surface area contributed by atoms with Crippen LogP contribution in [0.2, 0.25) is 0 Å². The summed E-state index contributed by atoms with van der Waals surface area (Å²) in [4.78, 5) is 2.31. The molecule has 1 heterocycles. The molecule has 2 atom stereocenters. The molecule has 3 rings (SSSR count). The van der Waals surface area contributed by atoms with Gasteiger partial charge >= 0.3 is 0 Å². The number of aliphatic hydroxyl groups excluding tert-OH is 1. The summed E-state index contributed by atoms with van der Waals surface area (Å²) in [6.45, 7) is 1.13. The highest BCUT2D eigenvalue weighted by Crippen LogP contribution is 2.30. The summed E-state index contributed by atoms with van der Waals surface area (Å²) in [7, 11) is 1.68. The fourth-order valence-electron chi connectivity index (χ4n) is 3.24. The van der Waals surface area contributed by atoms with Crippen molar-refractivity contribution < 1.29 is 9.84 Å². The highest BCUT2D eigenvalue weighted by Gasteiger charge is 2.30. The van der Waals surface area contributed by atoms with E-state index in [2.05, 4.69) is 22.8 Å². The molecule has 3 heteroatoms. The molecule has 0 saturated carbocycles. The molecular formula is C21H23NO2. The first-order valence-electron chi connectivity index (χ1n) is 8.39. The van der Waals surface area contributed by atoms with Gasteiger partial charge in [0.15, 0.2) is 0 Å². The standard InChI is InChI=1S/C21H23NO2/c1-24-20-11-5-9-18(15-20)21(22-14-6-10-19(22)16-23)13-12-17-7-3-2-4-8-17/h2-5,7-9,11,15,19,21,23H,6,10,14,16H2,1H3/t19-,21+/m0/s1. The SMILES string of the molecule is COc1cccc([C@@H](C#Cc2ccccc2)N2CCC[C@H]2CO)c1. The molecule has 3 nitrogen and oxygen atoms in total. The molecule has 2 aromatic rings. The lowest BCUT2D eigenvalue weighted by Crippen LogP contribution is -2.35. The second-order valence-electron chi connectivity index (χ2n) is 6.03. The Bertz CT molecular complexity index is 717. The zero-order chi connectivity index (χ0) is 16.8. The number of benzene rings is 2. The summed E-state index contributed by atoms with van der Waals surface area (Å²) in [6, 6.07) is 18.2. The van der Waals surface area contributed by atoms with Gasteiger partial charge in [0.25, 0.3) is 0 Å². The molecule has 1 aliphatic heterocycles. The largest absolute Gasteiger partial charge is 0.497 e. The fraction of sp³-hybridized carbons (Fsp3) is 0.333. The first-order valence-corrected chi connectivity index (χ1v) is 8.39. The van der Waals surface area contributed by atoms with E-state index >= 15 is 0 Å². The van der Waals surface area contributed by atoms with Crippen LogP contribution in [0, 0.1) is 11.8 Å². The van der Waals surface area contributed by atoms with Gasteiger partial charge in [0.05, 0.1) is 19.8 Å². The molecule has 0 spiro atoms. The second kappa shape index (κ2) is 8.01. The third kappa shape index (κ3) is 3.79. The normalized spacial score (nSPS) is 18.7. The Balaban J connectivity index is 1.96. The van der Waals surface area contributed by atoms with Crippen molar-refractivity contribution in [2.24, 2.45) is 0 Å². The lowest BCUT2D eigenvalue weighted by molar-refractivity contribution is 0.140. The number of methoxy groups -OCH3 is 1. The molecule has 1 N–H and O–H groups in total. The molecule has 124 valence electrons. The quantitative estimate of drug-likeness (QED) is 0.878. The van der Waals surface area contributed by atoms with Crippen LogP contribution in [0.1, 0.15) is 30.0 Å². The maximum Gasteiger partial charge on any atom is 0.119 e. The van der Waals surface area contributed by atoms with E-state index in [1.54, 1.807) is 7.11 Å². The van der Waals surface area contributed by atoms with Crippen LogP contribution in [-0.4, -0.2) is 36.3 Å². The number of hydrogen-bond donors (Lipinski definition) is 1. The first-order chi connectivity index (χ1) is 11.8. The molecule has 0 aliphatic carbocycles. The van der Waals surface area contributed by atoms with Crippen molar-refractivity contribution in [2.45, 2.75) is 24.9 Å². The fourth-order valence-corrected chi connectivity index (χ4v) is 3.24. The minimum atomic E-state index is -0.0417. The van der Waals surface area contributed by atoms with Gasteiger partial charge in [-0.2, -0.15) is 0 Å². The monoisotopic (exact) mass is 321 g/mol. The van der Waals surface area contributed by atoms with Crippen molar-refractivity contribution in [1.29, 1.82) is 0 Å². The first kappa shape index (κ1) is 16.6. The van der Waals surface area contributed by atoms with Crippen molar-refractivity contribution in [3.8, 4) is 17.6 Å². The molecule has 1 aliphatic rings. The van der Waals surface area contributed by atoms with E-state index in [1.165, 1.54) is 0 Å². The van der Waals surface area contributed by atoms with E-state index in [1.807, 2.05) is 48.5 Å². The van der Waals surface area contributed by atoms with Crippen molar-refractivity contribution in [3.05, 3.63) is 65.7 Å². The number of hydrogen-bond acceptors (Lipinski definition) is 3. The summed E-state index contributed by atoms with van der Waals surface area (Å²) >= 11 is 0. The van der Waals surface area contributed by atoms with Crippen LogP contribution >= 0.6 is 0 Å². The summed E-state index contributed by atoms with van der Waals surface area (Å²) in [5, 5.41) is 9.70. The maximum absolute atomic E-state index is 9.70. The van der Waals surface area contributed by atoms with Crippen LogP contribution in [0.25, 0.3) is 0 Å². The lowest BCUT2D eigenvalue weighted by atomic mass is 10.0. The van der Waals surface area contributed by atoms with Gasteiger partial charge in [0.1, 0.15) is 5.75 Å². The van der Waals surface area contributed by atoms with E-state index < -0.39 is 0 Å². The summed E-state index contributed by atoms with van der Waals surface area (Å²) in [6.07, 6.45) is 2.11. The molecule has 24 heavy (non-hydrogen) atoms. The smallest absolute Gasteiger partial charge is 0.119 e. The lowest BCUT2D eigenvalue weighted by Gasteiger charge is -2.29. The minimum absolute atomic E-state index is 0.0417. The van der Waals surface area contributed by atoms with E-state index in [0.717, 1.165) is 36.3 Å². The molecular weight excluding hydrogens is 298 g/mol. The van der Waals surface area contributed by atoms with E-state index in [-0.39, 0.29) is 18.7 Å². The summed E-state index contributed by atoms with van der Waals surface area (Å²) in [5.74, 6) is 7.54. The minimum Gasteiger partial charge on any atom is -0.497 e. The number of aliphatic hydroxyl groups is 1. The van der Waals surface area contributed by atoms with Crippen LogP contribution in [0.15, 0.2) is 54.6 Å². The van der Waals surface area contributed by atoms with Crippen LogP contribution in [0.5, 0.6) is 5.75 Å². The second-order valence-corrected chi connectivity index (χ2v) is 6.03. The Kier molecular flexibility index (Phi) is 5.53. The van der Waals surface area contributed by atoms with Gasteiger partial charge in [-0.25, -0.2) is 0 Å². The Labute approximate surface area is 143 Å². The molecule has 0 amide bonds. The van der Waals surface area contributed by atoms with Gasteiger partial charge in [0, 0.05) is 18.2 Å². The molecule has 0 radical (unpaired) electrons. The Morgan fingerprint density at radius 3 is 2.79 bits per heavy atom. The van der Waals surface area contributed by atoms with Crippen LogP contribution < -0.4 is 4.74 Å². The third-order valence-electron chi connectivity index (χ3n) is 4.50. The van der Waals surface area contributed by atoms with Gasteiger partial charge in [-0.05, 0) is 42.7 Å². The van der Waals surface area contributed by atoms with Crippen molar-refractivity contribution in [1.82, 2.24) is 4.90 Å². The number of rotatable bonds is 4. The predicted molar refractivity (Wildman–Crippen MR) is 95.9 cm³/mol. The van der Waals surface area contributed by atoms with E-state index in [9.17, 15) is 5.11 Å². The molecule has 1 fully saturated rings. The van der Waals surface area contributed by atoms with Crippen LogP contribution in [0.3, 0.4) is 0 Å². The zero-order valence-corrected chi connectivity index (χ0v) is 14.0. The molecule has 0 bridgehead atoms. The topological polar surface area (TPSA) is 32.7 Å². The van der Waals surface area contributed by atoms with Crippen molar-refractivity contribution in [2.75, 3.05) is 20.3 Å². The molecule has 0 aromatic heterocycles. The van der Waals surface area contributed by atoms with Crippen molar-refractivity contribution in [3.63, 3.8) is 0 Å². The molecule has 0 unspecified atom stereocenters. The van der Waals surface area contributed by atoms with E-state index in [4.69, 9.17) is 4.74 Å². The van der Waals surface area contributed by atoms with Crippen LogP contribution in [0.4, 0.5) is 0 Å². The third-order valence-corrected chi connectivity index (χ3v) is 4.50. The Hall–Kier alpha value is -2.28. The highest BCUT2D eigenvalue weighted by atomic mass is 16.5. The van der Waals surface area contributed by atoms with Gasteiger partial charge in [-0.1, -0.05) is 42.2 Å². The van der Waals surface area contributed by atoms with Gasteiger partial charge in [0.2, 0.25) is 0 Å². The molecule has 2 aromatic carbocycles. The Morgan fingerprint density at radius 1 is 1.21 bits per heavy atom. The number of ether oxygens (including phenoxy) is 1. The number of likely N-dealkylation sites (tertiary alicyclic amines) is 1. The predicted octanol–water partition coefficient (Wildman–Crippen LogP) is 3.24. The highest BCUT2D eigenvalue weighted by molar-refractivity contribution is 5.40. The summed E-state index contributed by atoms with van der Waals surface area (Å²) < 4.78 is 5.37. The van der Waals surface area contributed by atoms with Gasteiger partial charge in [-0.15, -0.1) is 0 Å². The maximum atomic E-state index is 9.70. The zero-order valence-electron chi connectivity index (χ0n) is 14.0. The van der Waals surface area contributed by atoms with E-state index in [0.29, 0.717) is 0 Å². The van der Waals surface area contributed by atoms with Gasteiger partial charge < -0.3 is 9.84 Å². The van der Waals surface area contributed by atoms with Crippen molar-refractivity contribution >= 4 is 0 Å².